The highest BCUT2D eigenvalue weighted by Crippen LogP contribution is 2.61. The fraction of sp³-hybridized carbons (Fsp3) is 0.875. The molecule has 114 valence electrons. The molecule has 0 spiro atoms. The van der Waals surface area contributed by atoms with Gasteiger partial charge in [0, 0.05) is 6.42 Å². The van der Waals surface area contributed by atoms with Crippen molar-refractivity contribution in [2.45, 2.75) is 64.2 Å². The van der Waals surface area contributed by atoms with Gasteiger partial charge in [0.2, 0.25) is 0 Å². The lowest BCUT2D eigenvalue weighted by Crippen LogP contribution is -2.52. The molecule has 2 aliphatic rings. The lowest BCUT2D eigenvalue weighted by molar-refractivity contribution is -0.175. The van der Waals surface area contributed by atoms with Gasteiger partial charge in [-0.2, -0.15) is 0 Å². The van der Waals surface area contributed by atoms with Gasteiger partial charge in [-0.25, -0.2) is 0 Å². The van der Waals surface area contributed by atoms with Crippen LogP contribution in [-0.4, -0.2) is 26.2 Å². The van der Waals surface area contributed by atoms with E-state index in [4.69, 9.17) is 9.47 Å². The standard InChI is InChI=1S/C16H26O4/c1-19-13(17)7-12-15-8-3-5-10-16(15,14(18)20-2)11-6-4-9-15/h3-12H2,1-2H3. The number of ether oxygens (including phenoxy) is 2. The summed E-state index contributed by atoms with van der Waals surface area (Å²) in [6.45, 7) is 0. The Morgan fingerprint density at radius 3 is 1.95 bits per heavy atom. The van der Waals surface area contributed by atoms with Gasteiger partial charge in [0.05, 0.1) is 19.6 Å². The summed E-state index contributed by atoms with van der Waals surface area (Å²) in [5.41, 5.74) is -0.406. The van der Waals surface area contributed by atoms with E-state index < -0.39 is 0 Å². The molecule has 4 heteroatoms. The van der Waals surface area contributed by atoms with E-state index in [1.165, 1.54) is 14.2 Å². The number of esters is 2. The first-order chi connectivity index (χ1) is 9.60. The Labute approximate surface area is 121 Å². The third-order valence-corrected chi connectivity index (χ3v) is 5.64. The molecule has 0 unspecified atom stereocenters. The van der Waals surface area contributed by atoms with E-state index in [9.17, 15) is 9.59 Å². The Balaban J connectivity index is 2.26. The van der Waals surface area contributed by atoms with Crippen LogP contribution in [0.2, 0.25) is 0 Å². The van der Waals surface area contributed by atoms with Gasteiger partial charge in [-0.1, -0.05) is 25.7 Å². The first-order valence-corrected chi connectivity index (χ1v) is 7.75. The molecule has 0 aromatic heterocycles. The summed E-state index contributed by atoms with van der Waals surface area (Å²) in [7, 11) is 2.92. The molecule has 0 heterocycles. The predicted molar refractivity (Wildman–Crippen MR) is 75.1 cm³/mol. The summed E-state index contributed by atoms with van der Waals surface area (Å²) in [5.74, 6) is -0.226. The summed E-state index contributed by atoms with van der Waals surface area (Å²) >= 11 is 0. The molecule has 0 aromatic rings. The van der Waals surface area contributed by atoms with E-state index in [1.54, 1.807) is 0 Å². The maximum atomic E-state index is 12.5. The van der Waals surface area contributed by atoms with Crippen molar-refractivity contribution in [1.82, 2.24) is 0 Å². The van der Waals surface area contributed by atoms with Gasteiger partial charge in [-0.3, -0.25) is 9.59 Å². The molecule has 0 N–H and O–H groups in total. The molecule has 2 fully saturated rings. The molecule has 0 bridgehead atoms. The summed E-state index contributed by atoms with van der Waals surface area (Å²) in [6.07, 6.45) is 9.58. The van der Waals surface area contributed by atoms with Gasteiger partial charge in [-0.05, 0) is 37.5 Å². The SMILES string of the molecule is COC(=O)CCC12CCCCC1(C(=O)OC)CCCC2. The summed E-state index contributed by atoms with van der Waals surface area (Å²) in [5, 5.41) is 0. The van der Waals surface area contributed by atoms with E-state index in [0.29, 0.717) is 6.42 Å². The van der Waals surface area contributed by atoms with Crippen LogP contribution in [0.15, 0.2) is 0 Å². The van der Waals surface area contributed by atoms with Crippen LogP contribution in [0.1, 0.15) is 64.2 Å². The van der Waals surface area contributed by atoms with Crippen LogP contribution in [0.25, 0.3) is 0 Å². The largest absolute Gasteiger partial charge is 0.469 e. The molecule has 0 atom stereocenters. The second kappa shape index (κ2) is 6.15. The fourth-order valence-electron chi connectivity index (χ4n) is 4.59. The molecule has 2 saturated carbocycles. The Kier molecular flexibility index (Phi) is 4.71. The van der Waals surface area contributed by atoms with Gasteiger partial charge < -0.3 is 9.47 Å². The minimum Gasteiger partial charge on any atom is -0.469 e. The number of hydrogen-bond donors (Lipinski definition) is 0. The highest BCUT2D eigenvalue weighted by atomic mass is 16.5. The summed E-state index contributed by atoms with van der Waals surface area (Å²) < 4.78 is 9.94. The Bertz CT molecular complexity index is 363. The molecule has 2 aliphatic carbocycles. The van der Waals surface area contributed by atoms with Crippen molar-refractivity contribution >= 4 is 11.9 Å². The second-order valence-corrected chi connectivity index (χ2v) is 6.34. The number of carbonyl (C=O) groups excluding carboxylic acids is 2. The lowest BCUT2D eigenvalue weighted by atomic mass is 9.48. The zero-order chi connectivity index (χ0) is 14.6. The predicted octanol–water partition coefficient (Wildman–Crippen LogP) is 3.23. The van der Waals surface area contributed by atoms with Crippen LogP contribution in [0.5, 0.6) is 0 Å². The first-order valence-electron chi connectivity index (χ1n) is 7.75. The monoisotopic (exact) mass is 282 g/mol. The van der Waals surface area contributed by atoms with Gasteiger partial charge in [0.15, 0.2) is 0 Å². The van der Waals surface area contributed by atoms with E-state index >= 15 is 0 Å². The summed E-state index contributed by atoms with van der Waals surface area (Å²) in [4.78, 5) is 24.0. The fourth-order valence-corrected chi connectivity index (χ4v) is 4.59. The van der Waals surface area contributed by atoms with Crippen molar-refractivity contribution < 1.29 is 19.1 Å². The van der Waals surface area contributed by atoms with Gasteiger partial charge in [0.1, 0.15) is 0 Å². The van der Waals surface area contributed by atoms with E-state index in [-0.39, 0.29) is 22.8 Å². The van der Waals surface area contributed by atoms with E-state index in [2.05, 4.69) is 0 Å². The van der Waals surface area contributed by atoms with Crippen molar-refractivity contribution in [3.05, 3.63) is 0 Å². The van der Waals surface area contributed by atoms with Crippen molar-refractivity contribution in [2.24, 2.45) is 10.8 Å². The molecular weight excluding hydrogens is 256 g/mol. The van der Waals surface area contributed by atoms with Gasteiger partial charge >= 0.3 is 11.9 Å². The number of carbonyl (C=O) groups is 2. The highest BCUT2D eigenvalue weighted by Gasteiger charge is 2.58. The topological polar surface area (TPSA) is 52.6 Å². The maximum Gasteiger partial charge on any atom is 0.312 e. The van der Waals surface area contributed by atoms with Crippen LogP contribution in [0, 0.1) is 10.8 Å². The van der Waals surface area contributed by atoms with Crippen LogP contribution in [-0.2, 0) is 19.1 Å². The first kappa shape index (κ1) is 15.3. The van der Waals surface area contributed by atoms with Gasteiger partial charge in [-0.15, -0.1) is 0 Å². The molecule has 0 amide bonds. The van der Waals surface area contributed by atoms with Crippen LogP contribution in [0.4, 0.5) is 0 Å². The molecule has 0 radical (unpaired) electrons. The average molecular weight is 282 g/mol. The minimum atomic E-state index is -0.355. The molecule has 0 aliphatic heterocycles. The molecule has 0 aromatic carbocycles. The van der Waals surface area contributed by atoms with Crippen LogP contribution in [0.3, 0.4) is 0 Å². The van der Waals surface area contributed by atoms with E-state index in [0.717, 1.165) is 57.8 Å². The van der Waals surface area contributed by atoms with Crippen molar-refractivity contribution in [2.75, 3.05) is 14.2 Å². The highest BCUT2D eigenvalue weighted by molar-refractivity contribution is 5.78. The molecule has 2 rings (SSSR count). The molecular formula is C16H26O4. The summed E-state index contributed by atoms with van der Waals surface area (Å²) in [6, 6.07) is 0. The third-order valence-electron chi connectivity index (χ3n) is 5.64. The zero-order valence-electron chi connectivity index (χ0n) is 12.7. The van der Waals surface area contributed by atoms with Crippen molar-refractivity contribution in [1.29, 1.82) is 0 Å². The van der Waals surface area contributed by atoms with Crippen LogP contribution >= 0.6 is 0 Å². The average Bonchev–Trinajstić information content (AvgIpc) is 2.51. The maximum absolute atomic E-state index is 12.5. The van der Waals surface area contributed by atoms with Crippen molar-refractivity contribution in [3.8, 4) is 0 Å². The lowest BCUT2D eigenvalue weighted by Gasteiger charge is -2.55. The number of fused-ring (bicyclic) bond motifs is 1. The van der Waals surface area contributed by atoms with Crippen LogP contribution < -0.4 is 0 Å². The second-order valence-electron chi connectivity index (χ2n) is 6.34. The van der Waals surface area contributed by atoms with Crippen molar-refractivity contribution in [3.63, 3.8) is 0 Å². The quantitative estimate of drug-likeness (QED) is 0.743. The van der Waals surface area contributed by atoms with Gasteiger partial charge in [0.25, 0.3) is 0 Å². The smallest absolute Gasteiger partial charge is 0.312 e. The number of methoxy groups -OCH3 is 2. The third kappa shape index (κ3) is 2.45. The molecule has 0 saturated heterocycles. The number of hydrogen-bond acceptors (Lipinski definition) is 4. The Hall–Kier alpha value is -1.06. The van der Waals surface area contributed by atoms with E-state index in [1.807, 2.05) is 0 Å². The molecule has 20 heavy (non-hydrogen) atoms. The zero-order valence-corrected chi connectivity index (χ0v) is 12.7. The Morgan fingerprint density at radius 2 is 1.45 bits per heavy atom. The Morgan fingerprint density at radius 1 is 0.900 bits per heavy atom. The molecule has 4 nitrogen and oxygen atoms in total. The minimum absolute atomic E-state index is 0.0508. The normalized spacial score (nSPS) is 33.1. The number of rotatable bonds is 4.